The van der Waals surface area contributed by atoms with Gasteiger partial charge in [0.05, 0.1) is 11.8 Å². The third kappa shape index (κ3) is 5.24. The van der Waals surface area contributed by atoms with E-state index in [0.717, 1.165) is 5.56 Å². The van der Waals surface area contributed by atoms with Crippen molar-refractivity contribution in [1.82, 2.24) is 20.1 Å². The molecule has 0 saturated carbocycles. The molecule has 1 aromatic heterocycles. The average Bonchev–Trinajstić information content (AvgIpc) is 3.16. The fraction of sp³-hybridized carbons (Fsp3) is 0.217. The number of nitrogens with one attached hydrogen (secondary N) is 1. The van der Waals surface area contributed by atoms with Crippen LogP contribution >= 0.6 is 11.8 Å². The molecule has 1 heterocycles. The van der Waals surface area contributed by atoms with E-state index in [4.69, 9.17) is 0 Å². The highest BCUT2D eigenvalue weighted by Gasteiger charge is 2.20. The fourth-order valence-electron chi connectivity index (χ4n) is 2.91. The first-order valence-corrected chi connectivity index (χ1v) is 10.6. The van der Waals surface area contributed by atoms with Gasteiger partial charge in [-0.15, -0.1) is 16.8 Å². The third-order valence-corrected chi connectivity index (χ3v) is 5.50. The van der Waals surface area contributed by atoms with E-state index in [1.807, 2.05) is 48.7 Å². The van der Waals surface area contributed by atoms with E-state index >= 15 is 0 Å². The summed E-state index contributed by atoms with van der Waals surface area (Å²) in [7, 11) is 0. The second-order valence-corrected chi connectivity index (χ2v) is 7.82. The Kier molecular flexibility index (Phi) is 7.19. The summed E-state index contributed by atoms with van der Waals surface area (Å²) < 4.78 is 1.87. The van der Waals surface area contributed by atoms with Crippen LogP contribution in [0.25, 0.3) is 0 Å². The van der Waals surface area contributed by atoms with Crippen LogP contribution in [0.5, 0.6) is 0 Å². The Labute approximate surface area is 180 Å². The number of aromatic nitrogens is 3. The second-order valence-electron chi connectivity index (χ2n) is 6.88. The van der Waals surface area contributed by atoms with Crippen molar-refractivity contribution >= 4 is 23.5 Å². The molecule has 0 radical (unpaired) electrons. The van der Waals surface area contributed by atoms with E-state index in [1.165, 1.54) is 11.8 Å². The van der Waals surface area contributed by atoms with Gasteiger partial charge in [0.2, 0.25) is 0 Å². The van der Waals surface area contributed by atoms with Crippen LogP contribution in [-0.2, 0) is 6.54 Å². The lowest BCUT2D eigenvalue weighted by Gasteiger charge is -2.15. The number of hydrogen-bond acceptors (Lipinski definition) is 5. The van der Waals surface area contributed by atoms with Crippen LogP contribution in [0.1, 0.15) is 45.1 Å². The minimum absolute atomic E-state index is 0.0241. The van der Waals surface area contributed by atoms with E-state index in [0.29, 0.717) is 28.7 Å². The summed E-state index contributed by atoms with van der Waals surface area (Å²) in [5, 5.41) is 12.1. The Morgan fingerprint density at radius 2 is 1.80 bits per heavy atom. The molecule has 0 spiro atoms. The van der Waals surface area contributed by atoms with Gasteiger partial charge in [0.25, 0.3) is 5.91 Å². The van der Waals surface area contributed by atoms with E-state index < -0.39 is 0 Å². The zero-order valence-electron chi connectivity index (χ0n) is 17.0. The van der Waals surface area contributed by atoms with Gasteiger partial charge in [-0.2, -0.15) is 0 Å². The van der Waals surface area contributed by atoms with E-state index in [9.17, 15) is 9.59 Å². The summed E-state index contributed by atoms with van der Waals surface area (Å²) in [5.41, 5.74) is 2.35. The van der Waals surface area contributed by atoms with Gasteiger partial charge < -0.3 is 9.88 Å². The molecule has 3 rings (SSSR count). The van der Waals surface area contributed by atoms with Gasteiger partial charge in [0.1, 0.15) is 0 Å². The summed E-state index contributed by atoms with van der Waals surface area (Å²) in [6.07, 6.45) is 1.74. The molecule has 1 N–H and O–H groups in total. The highest BCUT2D eigenvalue weighted by atomic mass is 32.2. The first-order chi connectivity index (χ1) is 14.5. The van der Waals surface area contributed by atoms with Gasteiger partial charge in [-0.1, -0.05) is 65.9 Å². The fourth-order valence-corrected chi connectivity index (χ4v) is 3.76. The molecule has 7 heteroatoms. The van der Waals surface area contributed by atoms with Crippen LogP contribution in [0.4, 0.5) is 0 Å². The topological polar surface area (TPSA) is 76.9 Å². The summed E-state index contributed by atoms with van der Waals surface area (Å²) in [6.45, 7) is 8.11. The Bertz CT molecular complexity index is 1030. The number of carbonyl (C=O) groups is 2. The average molecular weight is 421 g/mol. The molecule has 1 atom stereocenters. The van der Waals surface area contributed by atoms with Crippen molar-refractivity contribution in [3.05, 3.63) is 89.8 Å². The van der Waals surface area contributed by atoms with E-state index in [1.54, 1.807) is 30.3 Å². The first-order valence-electron chi connectivity index (χ1n) is 9.62. The number of amides is 1. The predicted molar refractivity (Wildman–Crippen MR) is 119 cm³/mol. The zero-order chi connectivity index (χ0) is 21.5. The molecule has 3 aromatic rings. The lowest BCUT2D eigenvalue weighted by Crippen LogP contribution is -2.28. The van der Waals surface area contributed by atoms with Crippen molar-refractivity contribution in [2.24, 2.45) is 0 Å². The van der Waals surface area contributed by atoms with Gasteiger partial charge in [0, 0.05) is 17.7 Å². The maximum absolute atomic E-state index is 12.5. The smallest absolute Gasteiger partial charge is 0.251 e. The van der Waals surface area contributed by atoms with Gasteiger partial charge in [-0.25, -0.2) is 0 Å². The summed E-state index contributed by atoms with van der Waals surface area (Å²) >= 11 is 1.32. The predicted octanol–water partition coefficient (Wildman–Crippen LogP) is 4.24. The minimum Gasteiger partial charge on any atom is -0.342 e. The number of aryl methyl sites for hydroxylation is 1. The van der Waals surface area contributed by atoms with Crippen LogP contribution in [0, 0.1) is 6.92 Å². The van der Waals surface area contributed by atoms with Crippen molar-refractivity contribution in [1.29, 1.82) is 0 Å². The normalized spacial score (nSPS) is 11.7. The Hall–Kier alpha value is -3.19. The van der Waals surface area contributed by atoms with Gasteiger partial charge >= 0.3 is 0 Å². The Balaban J connectivity index is 1.71. The molecule has 0 bridgehead atoms. The number of carbonyl (C=O) groups excluding carboxylic acids is 2. The van der Waals surface area contributed by atoms with Crippen LogP contribution in [0.2, 0.25) is 0 Å². The molecule has 0 fully saturated rings. The first kappa shape index (κ1) is 21.5. The van der Waals surface area contributed by atoms with Crippen LogP contribution < -0.4 is 5.32 Å². The molecule has 0 unspecified atom stereocenters. The third-order valence-electron chi connectivity index (χ3n) is 4.53. The molecule has 0 aliphatic carbocycles. The monoisotopic (exact) mass is 420 g/mol. The van der Waals surface area contributed by atoms with Gasteiger partial charge in [-0.05, 0) is 26.0 Å². The SMILES string of the molecule is C=CCn1c(SCC(=O)c2ccccc2)nnc1[C@H](C)NC(=O)c1ccc(C)cc1. The molecule has 6 nitrogen and oxygen atoms in total. The molecule has 0 aliphatic rings. The highest BCUT2D eigenvalue weighted by Crippen LogP contribution is 2.22. The molecule has 0 saturated heterocycles. The standard InChI is InChI=1S/C23H24N4O2S/c1-4-14-27-21(17(3)24-22(29)19-12-10-16(2)11-13-19)25-26-23(27)30-15-20(28)18-8-6-5-7-9-18/h4-13,17H,1,14-15H2,2-3H3,(H,24,29)/t17-/m0/s1. The van der Waals surface area contributed by atoms with Gasteiger partial charge in [-0.3, -0.25) is 9.59 Å². The highest BCUT2D eigenvalue weighted by molar-refractivity contribution is 7.99. The molecule has 0 aliphatic heterocycles. The minimum atomic E-state index is -0.356. The number of allylic oxidation sites excluding steroid dienone is 1. The number of ketones is 1. The Morgan fingerprint density at radius 1 is 1.10 bits per heavy atom. The summed E-state index contributed by atoms with van der Waals surface area (Å²) in [5.74, 6) is 0.716. The molecule has 154 valence electrons. The van der Waals surface area contributed by atoms with Crippen LogP contribution in [-0.4, -0.2) is 32.2 Å². The summed E-state index contributed by atoms with van der Waals surface area (Å²) in [4.78, 5) is 24.9. The van der Waals surface area contributed by atoms with Crippen molar-refractivity contribution < 1.29 is 9.59 Å². The van der Waals surface area contributed by atoms with Crippen molar-refractivity contribution in [3.63, 3.8) is 0 Å². The molecule has 2 aromatic carbocycles. The molecular formula is C23H24N4O2S. The molecule has 30 heavy (non-hydrogen) atoms. The van der Waals surface area contributed by atoms with E-state index in [-0.39, 0.29) is 23.5 Å². The van der Waals surface area contributed by atoms with Gasteiger partial charge in [0.15, 0.2) is 16.8 Å². The second kappa shape index (κ2) is 10.0. The van der Waals surface area contributed by atoms with Crippen LogP contribution in [0.3, 0.4) is 0 Å². The van der Waals surface area contributed by atoms with Crippen molar-refractivity contribution in [2.75, 3.05) is 5.75 Å². The molecular weight excluding hydrogens is 396 g/mol. The zero-order valence-corrected chi connectivity index (χ0v) is 17.9. The maximum atomic E-state index is 12.5. The van der Waals surface area contributed by atoms with Crippen molar-refractivity contribution in [3.8, 4) is 0 Å². The number of nitrogens with zero attached hydrogens (tertiary/aromatic N) is 3. The molecule has 1 amide bonds. The number of thioether (sulfide) groups is 1. The quantitative estimate of drug-likeness (QED) is 0.318. The number of hydrogen-bond donors (Lipinski definition) is 1. The van der Waals surface area contributed by atoms with Crippen molar-refractivity contribution in [2.45, 2.75) is 31.6 Å². The number of rotatable bonds is 9. The maximum Gasteiger partial charge on any atom is 0.251 e. The summed E-state index contributed by atoms with van der Waals surface area (Å²) in [6, 6.07) is 16.2. The largest absolute Gasteiger partial charge is 0.342 e. The lowest BCUT2D eigenvalue weighted by atomic mass is 10.1. The number of Topliss-reactive ketones (excluding diaryl/α,β-unsaturated/α-hetero) is 1. The van der Waals surface area contributed by atoms with E-state index in [2.05, 4.69) is 22.1 Å². The number of benzene rings is 2. The lowest BCUT2D eigenvalue weighted by molar-refractivity contribution is 0.0937. The van der Waals surface area contributed by atoms with Crippen LogP contribution in [0.15, 0.2) is 72.4 Å². The Morgan fingerprint density at radius 3 is 2.47 bits per heavy atom.